The maximum Gasteiger partial charge on any atom is 0.357 e. The number of carboxylic acid groups (broad SMARTS) is 1. The van der Waals surface area contributed by atoms with E-state index >= 15 is 0 Å². The van der Waals surface area contributed by atoms with E-state index in [2.05, 4.69) is 5.10 Å². The molecule has 3 rings (SSSR count). The molecule has 0 atom stereocenters. The zero-order valence-corrected chi connectivity index (χ0v) is 10.2. The molecule has 1 aromatic heterocycles. The van der Waals surface area contributed by atoms with Crippen molar-refractivity contribution in [3.8, 4) is 11.1 Å². The standard InChI is InChI=1S/C14H14N2O2/c1-9-4-6-10(7-5-9)12-11-3-2-8-16(11)15-13(12)14(17)18/h4-7H,2-3,8H2,1H3,(H,17,18). The number of fused-ring (bicyclic) bond motifs is 1. The zero-order chi connectivity index (χ0) is 12.7. The summed E-state index contributed by atoms with van der Waals surface area (Å²) in [6.07, 6.45) is 1.95. The van der Waals surface area contributed by atoms with E-state index in [9.17, 15) is 9.90 Å². The fourth-order valence-electron chi connectivity index (χ4n) is 2.51. The van der Waals surface area contributed by atoms with Crippen molar-refractivity contribution in [2.75, 3.05) is 0 Å². The molecule has 0 spiro atoms. The van der Waals surface area contributed by atoms with Crippen LogP contribution in [0.25, 0.3) is 11.1 Å². The lowest BCUT2D eigenvalue weighted by Crippen LogP contribution is -2.02. The van der Waals surface area contributed by atoms with Crippen molar-refractivity contribution in [1.29, 1.82) is 0 Å². The third kappa shape index (κ3) is 1.61. The Bertz CT molecular complexity index is 611. The molecular weight excluding hydrogens is 228 g/mol. The van der Waals surface area contributed by atoms with E-state index in [-0.39, 0.29) is 5.69 Å². The molecule has 1 N–H and O–H groups in total. The highest BCUT2D eigenvalue weighted by molar-refractivity contribution is 5.95. The highest BCUT2D eigenvalue weighted by Crippen LogP contribution is 2.31. The van der Waals surface area contributed by atoms with Gasteiger partial charge in [-0.3, -0.25) is 4.68 Å². The highest BCUT2D eigenvalue weighted by atomic mass is 16.4. The number of nitrogens with zero attached hydrogens (tertiary/aromatic N) is 2. The van der Waals surface area contributed by atoms with Crippen LogP contribution in [-0.2, 0) is 13.0 Å². The smallest absolute Gasteiger partial charge is 0.357 e. The third-order valence-electron chi connectivity index (χ3n) is 3.38. The molecule has 2 aromatic rings. The van der Waals surface area contributed by atoms with Crippen LogP contribution in [-0.4, -0.2) is 20.9 Å². The maximum absolute atomic E-state index is 11.3. The number of carbonyl (C=O) groups is 1. The lowest BCUT2D eigenvalue weighted by Gasteiger charge is -2.03. The summed E-state index contributed by atoms with van der Waals surface area (Å²) in [6, 6.07) is 7.94. The molecule has 1 aliphatic rings. The minimum Gasteiger partial charge on any atom is -0.476 e. The van der Waals surface area contributed by atoms with Crippen molar-refractivity contribution in [2.45, 2.75) is 26.3 Å². The first-order chi connectivity index (χ1) is 8.66. The van der Waals surface area contributed by atoms with Gasteiger partial charge in [-0.1, -0.05) is 29.8 Å². The van der Waals surface area contributed by atoms with Gasteiger partial charge in [0.25, 0.3) is 0 Å². The monoisotopic (exact) mass is 242 g/mol. The number of benzene rings is 1. The number of aryl methyl sites for hydroxylation is 2. The van der Waals surface area contributed by atoms with Gasteiger partial charge in [-0.15, -0.1) is 0 Å². The summed E-state index contributed by atoms with van der Waals surface area (Å²) in [6.45, 7) is 2.84. The Balaban J connectivity index is 2.20. The maximum atomic E-state index is 11.3. The van der Waals surface area contributed by atoms with E-state index in [0.29, 0.717) is 0 Å². The summed E-state index contributed by atoms with van der Waals surface area (Å²) in [4.78, 5) is 11.3. The molecule has 0 unspecified atom stereocenters. The Labute approximate surface area is 105 Å². The van der Waals surface area contributed by atoms with Gasteiger partial charge >= 0.3 is 5.97 Å². The predicted molar refractivity (Wildman–Crippen MR) is 67.7 cm³/mol. The van der Waals surface area contributed by atoms with E-state index in [0.717, 1.165) is 36.2 Å². The van der Waals surface area contributed by atoms with Gasteiger partial charge in [0.2, 0.25) is 0 Å². The number of aromatic nitrogens is 2. The summed E-state index contributed by atoms with van der Waals surface area (Å²) in [7, 11) is 0. The van der Waals surface area contributed by atoms with Gasteiger partial charge in [0.15, 0.2) is 5.69 Å². The van der Waals surface area contributed by atoms with Gasteiger partial charge in [-0.2, -0.15) is 5.10 Å². The largest absolute Gasteiger partial charge is 0.476 e. The molecule has 0 saturated heterocycles. The molecule has 2 heterocycles. The molecule has 4 heteroatoms. The van der Waals surface area contributed by atoms with Crippen LogP contribution in [0.15, 0.2) is 24.3 Å². The molecule has 0 saturated carbocycles. The van der Waals surface area contributed by atoms with Crippen molar-refractivity contribution >= 4 is 5.97 Å². The molecule has 1 aliphatic heterocycles. The molecule has 92 valence electrons. The topological polar surface area (TPSA) is 55.1 Å². The van der Waals surface area contributed by atoms with E-state index in [4.69, 9.17) is 0 Å². The average molecular weight is 242 g/mol. The van der Waals surface area contributed by atoms with Crippen molar-refractivity contribution in [2.24, 2.45) is 0 Å². The van der Waals surface area contributed by atoms with Crippen LogP contribution < -0.4 is 0 Å². The molecule has 4 nitrogen and oxygen atoms in total. The fourth-order valence-corrected chi connectivity index (χ4v) is 2.51. The summed E-state index contributed by atoms with van der Waals surface area (Å²) >= 11 is 0. The second kappa shape index (κ2) is 3.98. The molecule has 0 radical (unpaired) electrons. The summed E-state index contributed by atoms with van der Waals surface area (Å²) in [5, 5.41) is 13.5. The molecule has 0 fully saturated rings. The molecule has 1 aromatic carbocycles. The Morgan fingerprint density at radius 1 is 1.33 bits per heavy atom. The van der Waals surface area contributed by atoms with E-state index in [1.165, 1.54) is 5.56 Å². The van der Waals surface area contributed by atoms with Crippen LogP contribution in [0.2, 0.25) is 0 Å². The highest BCUT2D eigenvalue weighted by Gasteiger charge is 2.26. The van der Waals surface area contributed by atoms with Crippen LogP contribution in [0.4, 0.5) is 0 Å². The van der Waals surface area contributed by atoms with E-state index < -0.39 is 5.97 Å². The first kappa shape index (κ1) is 11.0. The first-order valence-electron chi connectivity index (χ1n) is 6.07. The molecule has 0 bridgehead atoms. The van der Waals surface area contributed by atoms with Crippen LogP contribution in [0.1, 0.15) is 28.2 Å². The van der Waals surface area contributed by atoms with E-state index in [1.807, 2.05) is 35.9 Å². The van der Waals surface area contributed by atoms with Crippen LogP contribution >= 0.6 is 0 Å². The number of hydrogen-bond donors (Lipinski definition) is 1. The van der Waals surface area contributed by atoms with Gasteiger partial charge in [0.05, 0.1) is 0 Å². The van der Waals surface area contributed by atoms with Gasteiger partial charge in [-0.05, 0) is 25.3 Å². The lowest BCUT2D eigenvalue weighted by molar-refractivity contribution is 0.0690. The molecule has 0 amide bonds. The van der Waals surface area contributed by atoms with Crippen LogP contribution in [0.5, 0.6) is 0 Å². The van der Waals surface area contributed by atoms with Gasteiger partial charge in [-0.25, -0.2) is 4.79 Å². The van der Waals surface area contributed by atoms with Crippen molar-refractivity contribution in [3.05, 3.63) is 41.2 Å². The van der Waals surface area contributed by atoms with Gasteiger partial charge in [0.1, 0.15) is 0 Å². The molecular formula is C14H14N2O2. The average Bonchev–Trinajstić information content (AvgIpc) is 2.90. The molecule has 18 heavy (non-hydrogen) atoms. The number of hydrogen-bond acceptors (Lipinski definition) is 2. The van der Waals surface area contributed by atoms with Crippen molar-refractivity contribution in [1.82, 2.24) is 9.78 Å². The third-order valence-corrected chi connectivity index (χ3v) is 3.38. The lowest BCUT2D eigenvalue weighted by atomic mass is 10.0. The minimum absolute atomic E-state index is 0.175. The summed E-state index contributed by atoms with van der Waals surface area (Å²) < 4.78 is 1.83. The number of aromatic carboxylic acids is 1. The van der Waals surface area contributed by atoms with E-state index in [1.54, 1.807) is 0 Å². The summed E-state index contributed by atoms with van der Waals surface area (Å²) in [5.41, 5.74) is 4.13. The Hall–Kier alpha value is -2.10. The van der Waals surface area contributed by atoms with Crippen LogP contribution in [0, 0.1) is 6.92 Å². The number of rotatable bonds is 2. The quantitative estimate of drug-likeness (QED) is 0.880. The summed E-state index contributed by atoms with van der Waals surface area (Å²) in [5.74, 6) is -0.951. The Morgan fingerprint density at radius 2 is 2.06 bits per heavy atom. The number of carboxylic acids is 1. The Kier molecular flexibility index (Phi) is 2.44. The first-order valence-corrected chi connectivity index (χ1v) is 6.07. The normalized spacial score (nSPS) is 13.6. The Morgan fingerprint density at radius 3 is 2.72 bits per heavy atom. The second-order valence-corrected chi connectivity index (χ2v) is 4.67. The van der Waals surface area contributed by atoms with Crippen molar-refractivity contribution in [3.63, 3.8) is 0 Å². The predicted octanol–water partition coefficient (Wildman–Crippen LogP) is 2.50. The minimum atomic E-state index is -0.951. The fraction of sp³-hybridized carbons (Fsp3) is 0.286. The SMILES string of the molecule is Cc1ccc(-c2c(C(=O)O)nn3c2CCC3)cc1. The second-order valence-electron chi connectivity index (χ2n) is 4.67. The van der Waals surface area contributed by atoms with Gasteiger partial charge in [0, 0.05) is 17.8 Å². The molecule has 0 aliphatic carbocycles. The van der Waals surface area contributed by atoms with Crippen molar-refractivity contribution < 1.29 is 9.90 Å². The zero-order valence-electron chi connectivity index (χ0n) is 10.2. The van der Waals surface area contributed by atoms with Gasteiger partial charge < -0.3 is 5.11 Å². The van der Waals surface area contributed by atoms with Crippen LogP contribution in [0.3, 0.4) is 0 Å².